The normalized spacial score (nSPS) is 20.6. The number of hydrogen-bond acceptors (Lipinski definition) is 7. The molecule has 208 valence electrons. The molecule has 2 heterocycles. The average Bonchev–Trinajstić information content (AvgIpc) is 3.00. The van der Waals surface area contributed by atoms with Crippen molar-refractivity contribution in [3.05, 3.63) is 66.2 Å². The minimum Gasteiger partial charge on any atom is -0.496 e. The van der Waals surface area contributed by atoms with Crippen LogP contribution in [-0.2, 0) is 16.1 Å². The number of fused-ring (bicyclic) bond motifs is 1. The number of carbonyl (C=O) groups excluding carboxylic acids is 1. The Bertz CT molecular complexity index is 1260. The van der Waals surface area contributed by atoms with Crippen LogP contribution in [0.3, 0.4) is 0 Å². The zero-order valence-corrected chi connectivity index (χ0v) is 23.5. The molecule has 0 bridgehead atoms. The molecule has 0 unspecified atom stereocenters. The Morgan fingerprint density at radius 3 is 2.36 bits per heavy atom. The van der Waals surface area contributed by atoms with Crippen LogP contribution in [0, 0.1) is 5.92 Å². The molecule has 2 aliphatic heterocycles. The first-order chi connectivity index (χ1) is 19.1. The minimum atomic E-state index is -0.123. The first-order valence-corrected chi connectivity index (χ1v) is 14.1. The van der Waals surface area contributed by atoms with Crippen LogP contribution in [-0.4, -0.2) is 82.4 Å². The molecule has 2 saturated heterocycles. The Hall–Kier alpha value is -3.29. The van der Waals surface area contributed by atoms with Gasteiger partial charge in [-0.1, -0.05) is 42.5 Å². The Kier molecular flexibility index (Phi) is 8.89. The van der Waals surface area contributed by atoms with Gasteiger partial charge in [0.25, 0.3) is 0 Å². The molecule has 0 N–H and O–H groups in total. The van der Waals surface area contributed by atoms with Crippen molar-refractivity contribution in [2.75, 3.05) is 65.5 Å². The van der Waals surface area contributed by atoms with Gasteiger partial charge in [0.1, 0.15) is 11.5 Å². The SMILES string of the molecule is COC(=O)CC[C@H]1CN(Cc2c(OC)ccc3ccccc23)CC[C@H]1N1CCN(c2ccccc2OC)CC1. The van der Waals surface area contributed by atoms with E-state index in [0.717, 1.165) is 70.2 Å². The molecule has 0 aromatic heterocycles. The molecular formula is C32H41N3O4. The molecule has 0 spiro atoms. The number of methoxy groups -OCH3 is 3. The monoisotopic (exact) mass is 531 g/mol. The second-order valence-electron chi connectivity index (χ2n) is 10.6. The number of carbonyl (C=O) groups is 1. The van der Waals surface area contributed by atoms with Crippen LogP contribution in [0.2, 0.25) is 0 Å². The highest BCUT2D eigenvalue weighted by Crippen LogP contribution is 2.34. The fourth-order valence-electron chi connectivity index (χ4n) is 6.49. The lowest BCUT2D eigenvalue weighted by atomic mass is 9.86. The molecule has 5 rings (SSSR count). The number of para-hydroxylation sites is 2. The molecular weight excluding hydrogens is 490 g/mol. The number of ether oxygens (including phenoxy) is 3. The predicted octanol–water partition coefficient (Wildman–Crippen LogP) is 4.82. The Morgan fingerprint density at radius 1 is 0.846 bits per heavy atom. The van der Waals surface area contributed by atoms with Gasteiger partial charge in [0.05, 0.1) is 27.0 Å². The van der Waals surface area contributed by atoms with E-state index in [1.807, 2.05) is 12.1 Å². The number of anilines is 1. The standard InChI is InChI=1S/C32H41N3O4/c1-37-30-14-12-24-8-4-5-9-26(24)27(30)23-33-17-16-28(25(22-33)13-15-32(36)39-3)34-18-20-35(21-19-34)29-10-6-7-11-31(29)38-2/h4-12,14,25,28H,13,15-23H2,1-3H3/t25-,28+/m0/s1. The van der Waals surface area contributed by atoms with Gasteiger partial charge >= 0.3 is 5.97 Å². The number of hydrogen-bond donors (Lipinski definition) is 0. The molecule has 3 aromatic rings. The van der Waals surface area contributed by atoms with Crippen molar-refractivity contribution < 1.29 is 19.0 Å². The van der Waals surface area contributed by atoms with Gasteiger partial charge < -0.3 is 19.1 Å². The maximum Gasteiger partial charge on any atom is 0.305 e. The molecule has 7 nitrogen and oxygen atoms in total. The summed E-state index contributed by atoms with van der Waals surface area (Å²) in [4.78, 5) is 19.8. The van der Waals surface area contributed by atoms with Crippen molar-refractivity contribution in [2.45, 2.75) is 31.8 Å². The van der Waals surface area contributed by atoms with Crippen LogP contribution >= 0.6 is 0 Å². The first-order valence-electron chi connectivity index (χ1n) is 14.1. The van der Waals surface area contributed by atoms with Gasteiger partial charge in [-0.25, -0.2) is 0 Å². The molecule has 2 fully saturated rings. The van der Waals surface area contributed by atoms with Gasteiger partial charge in [0, 0.05) is 57.3 Å². The van der Waals surface area contributed by atoms with E-state index in [-0.39, 0.29) is 5.97 Å². The van der Waals surface area contributed by atoms with Crippen LogP contribution in [0.5, 0.6) is 11.5 Å². The topological polar surface area (TPSA) is 54.5 Å². The minimum absolute atomic E-state index is 0.123. The summed E-state index contributed by atoms with van der Waals surface area (Å²) in [5, 5.41) is 2.48. The lowest BCUT2D eigenvalue weighted by molar-refractivity contribution is -0.141. The third kappa shape index (κ3) is 6.15. The maximum atomic E-state index is 12.1. The Balaban J connectivity index is 1.29. The number of benzene rings is 3. The summed E-state index contributed by atoms with van der Waals surface area (Å²) in [6.07, 6.45) is 2.39. The summed E-state index contributed by atoms with van der Waals surface area (Å²) >= 11 is 0. The third-order valence-corrected chi connectivity index (χ3v) is 8.53. The molecule has 7 heteroatoms. The second-order valence-corrected chi connectivity index (χ2v) is 10.6. The van der Waals surface area contributed by atoms with Crippen molar-refractivity contribution in [1.29, 1.82) is 0 Å². The third-order valence-electron chi connectivity index (χ3n) is 8.53. The van der Waals surface area contributed by atoms with E-state index in [1.165, 1.54) is 29.1 Å². The Labute approximate surface area is 232 Å². The quantitative estimate of drug-likeness (QED) is 0.367. The number of likely N-dealkylation sites (tertiary alicyclic amines) is 1. The highest BCUT2D eigenvalue weighted by molar-refractivity contribution is 5.87. The van der Waals surface area contributed by atoms with Crippen LogP contribution in [0.4, 0.5) is 5.69 Å². The van der Waals surface area contributed by atoms with Crippen LogP contribution in [0.25, 0.3) is 10.8 Å². The van der Waals surface area contributed by atoms with Crippen molar-refractivity contribution in [3.63, 3.8) is 0 Å². The summed E-state index contributed by atoms with van der Waals surface area (Å²) in [5.41, 5.74) is 2.41. The van der Waals surface area contributed by atoms with E-state index >= 15 is 0 Å². The van der Waals surface area contributed by atoms with E-state index in [2.05, 4.69) is 63.2 Å². The molecule has 0 amide bonds. The molecule has 0 radical (unpaired) electrons. The van der Waals surface area contributed by atoms with Crippen molar-refractivity contribution in [3.8, 4) is 11.5 Å². The highest BCUT2D eigenvalue weighted by atomic mass is 16.5. The average molecular weight is 532 g/mol. The molecule has 0 saturated carbocycles. The van der Waals surface area contributed by atoms with E-state index in [4.69, 9.17) is 14.2 Å². The Morgan fingerprint density at radius 2 is 1.59 bits per heavy atom. The number of rotatable bonds is 9. The largest absolute Gasteiger partial charge is 0.496 e. The van der Waals surface area contributed by atoms with Gasteiger partial charge in [-0.3, -0.25) is 14.6 Å². The maximum absolute atomic E-state index is 12.1. The fourth-order valence-corrected chi connectivity index (χ4v) is 6.49. The lowest BCUT2D eigenvalue weighted by Crippen LogP contribution is -2.56. The van der Waals surface area contributed by atoms with Gasteiger partial charge in [-0.05, 0) is 54.3 Å². The predicted molar refractivity (Wildman–Crippen MR) is 156 cm³/mol. The molecule has 3 aromatic carbocycles. The molecule has 2 aliphatic rings. The second kappa shape index (κ2) is 12.7. The van der Waals surface area contributed by atoms with Gasteiger partial charge in [0.2, 0.25) is 0 Å². The van der Waals surface area contributed by atoms with Gasteiger partial charge in [0.15, 0.2) is 0 Å². The summed E-state index contributed by atoms with van der Waals surface area (Å²) in [7, 11) is 4.98. The smallest absolute Gasteiger partial charge is 0.305 e. The van der Waals surface area contributed by atoms with E-state index in [0.29, 0.717) is 18.4 Å². The zero-order chi connectivity index (χ0) is 27.2. The summed E-state index contributed by atoms with van der Waals surface area (Å²) in [6, 6.07) is 21.5. The molecule has 39 heavy (non-hydrogen) atoms. The van der Waals surface area contributed by atoms with Gasteiger partial charge in [-0.15, -0.1) is 0 Å². The first kappa shape index (κ1) is 27.3. The number of esters is 1. The highest BCUT2D eigenvalue weighted by Gasteiger charge is 2.35. The molecule has 0 aliphatic carbocycles. The molecule has 2 atom stereocenters. The zero-order valence-electron chi connectivity index (χ0n) is 23.5. The van der Waals surface area contributed by atoms with Crippen molar-refractivity contribution in [1.82, 2.24) is 9.80 Å². The van der Waals surface area contributed by atoms with E-state index in [9.17, 15) is 4.79 Å². The summed E-state index contributed by atoms with van der Waals surface area (Å²) in [5.74, 6) is 2.15. The number of piperazine rings is 1. The van der Waals surface area contributed by atoms with Crippen LogP contribution < -0.4 is 14.4 Å². The lowest BCUT2D eigenvalue weighted by Gasteiger charge is -2.47. The summed E-state index contributed by atoms with van der Waals surface area (Å²) in [6.45, 7) is 6.78. The van der Waals surface area contributed by atoms with E-state index in [1.54, 1.807) is 14.2 Å². The van der Waals surface area contributed by atoms with Crippen LogP contribution in [0.15, 0.2) is 60.7 Å². The van der Waals surface area contributed by atoms with Crippen LogP contribution in [0.1, 0.15) is 24.8 Å². The fraction of sp³-hybridized carbons (Fsp3) is 0.469. The number of nitrogens with zero attached hydrogens (tertiary/aromatic N) is 3. The van der Waals surface area contributed by atoms with Gasteiger partial charge in [-0.2, -0.15) is 0 Å². The number of piperidine rings is 1. The van der Waals surface area contributed by atoms with Crippen molar-refractivity contribution >= 4 is 22.4 Å². The van der Waals surface area contributed by atoms with Crippen molar-refractivity contribution in [2.24, 2.45) is 5.92 Å². The van der Waals surface area contributed by atoms with E-state index < -0.39 is 0 Å². The summed E-state index contributed by atoms with van der Waals surface area (Å²) < 4.78 is 16.4.